The first kappa shape index (κ1) is 21.9. The van der Waals surface area contributed by atoms with Crippen LogP contribution in [0.25, 0.3) is 0 Å². The fraction of sp³-hybridized carbons (Fsp3) is 0.625. The summed E-state index contributed by atoms with van der Waals surface area (Å²) >= 11 is 5.90. The second-order valence-corrected chi connectivity index (χ2v) is 8.66. The first-order chi connectivity index (χ1) is 14.2. The van der Waals surface area contributed by atoms with Crippen LogP contribution in [0.4, 0.5) is 0 Å². The lowest BCUT2D eigenvalue weighted by atomic mass is 9.94. The number of fused-ring (bicyclic) bond motifs is 1. The molecule has 2 unspecified atom stereocenters. The molecule has 2 atom stereocenters. The predicted octanol–water partition coefficient (Wildman–Crippen LogP) is 5.81. The Balaban J connectivity index is 1.66. The van der Waals surface area contributed by atoms with Crippen LogP contribution in [0.5, 0.6) is 11.5 Å². The second-order valence-electron chi connectivity index (χ2n) is 8.27. The monoisotopic (exact) mass is 416 g/mol. The Kier molecular flexibility index (Phi) is 8.66. The molecule has 0 saturated carbocycles. The summed E-state index contributed by atoms with van der Waals surface area (Å²) in [6, 6.07) is 6.69. The van der Waals surface area contributed by atoms with Gasteiger partial charge >= 0.3 is 0 Å². The lowest BCUT2D eigenvalue weighted by Crippen LogP contribution is -2.46. The summed E-state index contributed by atoms with van der Waals surface area (Å²) in [6.07, 6.45) is 14.3. The third-order valence-corrected chi connectivity index (χ3v) is 6.31. The van der Waals surface area contributed by atoms with E-state index in [4.69, 9.17) is 21.7 Å². The van der Waals surface area contributed by atoms with Crippen LogP contribution in [0.2, 0.25) is 0 Å². The molecule has 0 aromatic heterocycles. The quantitative estimate of drug-likeness (QED) is 0.296. The highest BCUT2D eigenvalue weighted by molar-refractivity contribution is 7.80. The SMILES string of the molecule is CCCCCC(CC)NC(=S)N(Cc1ccc2c(c1)OCO2)CC1CC=CCC1. The van der Waals surface area contributed by atoms with Gasteiger partial charge in [0.25, 0.3) is 0 Å². The maximum absolute atomic E-state index is 5.90. The maximum atomic E-state index is 5.90. The lowest BCUT2D eigenvalue weighted by Gasteiger charge is -2.32. The van der Waals surface area contributed by atoms with E-state index in [-0.39, 0.29) is 0 Å². The molecule has 0 amide bonds. The molecule has 1 heterocycles. The van der Waals surface area contributed by atoms with Crippen molar-refractivity contribution in [2.75, 3.05) is 13.3 Å². The molecular formula is C24H36N2O2S. The molecule has 0 fully saturated rings. The fourth-order valence-corrected chi connectivity index (χ4v) is 4.40. The van der Waals surface area contributed by atoms with E-state index in [1.807, 2.05) is 6.07 Å². The Morgan fingerprint density at radius 2 is 2.07 bits per heavy atom. The number of allylic oxidation sites excluding steroid dienone is 2. The van der Waals surface area contributed by atoms with Crippen molar-refractivity contribution in [1.82, 2.24) is 10.2 Å². The summed E-state index contributed by atoms with van der Waals surface area (Å²) < 4.78 is 11.0. The van der Waals surface area contributed by atoms with Crippen LogP contribution in [0.1, 0.15) is 70.8 Å². The van der Waals surface area contributed by atoms with Crippen molar-refractivity contribution in [3.8, 4) is 11.5 Å². The van der Waals surface area contributed by atoms with Crippen LogP contribution in [-0.4, -0.2) is 29.4 Å². The van der Waals surface area contributed by atoms with E-state index >= 15 is 0 Å². The van der Waals surface area contributed by atoms with Crippen molar-refractivity contribution < 1.29 is 9.47 Å². The smallest absolute Gasteiger partial charge is 0.231 e. The van der Waals surface area contributed by atoms with E-state index in [1.54, 1.807) is 0 Å². The molecule has 0 radical (unpaired) electrons. The number of ether oxygens (including phenoxy) is 2. The van der Waals surface area contributed by atoms with Gasteiger partial charge in [0.15, 0.2) is 16.6 Å². The minimum atomic E-state index is 0.312. The van der Waals surface area contributed by atoms with Gasteiger partial charge in [-0.25, -0.2) is 0 Å². The highest BCUT2D eigenvalue weighted by Gasteiger charge is 2.21. The number of nitrogens with zero attached hydrogens (tertiary/aromatic N) is 1. The summed E-state index contributed by atoms with van der Waals surface area (Å²) in [7, 11) is 0. The van der Waals surface area contributed by atoms with Gasteiger partial charge in [0, 0.05) is 19.1 Å². The molecule has 1 aromatic rings. The van der Waals surface area contributed by atoms with E-state index in [0.29, 0.717) is 18.8 Å². The van der Waals surface area contributed by atoms with E-state index in [0.717, 1.165) is 42.5 Å². The first-order valence-electron chi connectivity index (χ1n) is 11.3. The van der Waals surface area contributed by atoms with Gasteiger partial charge in [-0.3, -0.25) is 0 Å². The molecule has 3 rings (SSSR count). The molecule has 0 bridgehead atoms. The molecule has 5 heteroatoms. The van der Waals surface area contributed by atoms with Crippen molar-refractivity contribution in [3.05, 3.63) is 35.9 Å². The highest BCUT2D eigenvalue weighted by atomic mass is 32.1. The Labute approximate surface area is 181 Å². The zero-order valence-electron chi connectivity index (χ0n) is 18.0. The molecule has 1 aromatic carbocycles. The molecule has 0 saturated heterocycles. The van der Waals surface area contributed by atoms with E-state index in [2.05, 4.69) is 48.3 Å². The molecule has 1 aliphatic carbocycles. The molecule has 160 valence electrons. The Morgan fingerprint density at radius 1 is 1.21 bits per heavy atom. The highest BCUT2D eigenvalue weighted by Crippen LogP contribution is 2.33. The van der Waals surface area contributed by atoms with Gasteiger partial charge in [-0.2, -0.15) is 0 Å². The number of hydrogen-bond donors (Lipinski definition) is 1. The number of hydrogen-bond acceptors (Lipinski definition) is 3. The van der Waals surface area contributed by atoms with Crippen molar-refractivity contribution >= 4 is 17.3 Å². The van der Waals surface area contributed by atoms with Gasteiger partial charge in [0.05, 0.1) is 0 Å². The summed E-state index contributed by atoms with van der Waals surface area (Å²) in [5.41, 5.74) is 1.21. The van der Waals surface area contributed by atoms with Gasteiger partial charge in [-0.1, -0.05) is 51.3 Å². The summed E-state index contributed by atoms with van der Waals surface area (Å²) in [6.45, 7) is 6.61. The summed E-state index contributed by atoms with van der Waals surface area (Å²) in [5, 5.41) is 4.56. The van der Waals surface area contributed by atoms with Crippen LogP contribution in [0.3, 0.4) is 0 Å². The summed E-state index contributed by atoms with van der Waals surface area (Å²) in [4.78, 5) is 2.36. The van der Waals surface area contributed by atoms with Crippen LogP contribution in [0, 0.1) is 5.92 Å². The largest absolute Gasteiger partial charge is 0.454 e. The molecule has 1 N–H and O–H groups in total. The summed E-state index contributed by atoms with van der Waals surface area (Å²) in [5.74, 6) is 2.34. The van der Waals surface area contributed by atoms with Gasteiger partial charge < -0.3 is 19.7 Å². The molecule has 4 nitrogen and oxygen atoms in total. The van der Waals surface area contributed by atoms with Crippen LogP contribution in [0.15, 0.2) is 30.4 Å². The van der Waals surface area contributed by atoms with E-state index in [1.165, 1.54) is 44.1 Å². The third kappa shape index (κ3) is 6.63. The second kappa shape index (κ2) is 11.4. The zero-order chi connectivity index (χ0) is 20.5. The molecule has 0 spiro atoms. The predicted molar refractivity (Wildman–Crippen MR) is 123 cm³/mol. The number of rotatable bonds is 10. The van der Waals surface area contributed by atoms with Gasteiger partial charge in [0.2, 0.25) is 6.79 Å². The molecular weight excluding hydrogens is 380 g/mol. The standard InChI is InChI=1S/C24H36N2O2S/c1-3-5-7-12-21(4-2)25-24(29)26(16-19-10-8-6-9-11-19)17-20-13-14-22-23(15-20)28-18-27-22/h6,8,13-15,19,21H,3-5,7,9-12,16-18H2,1-2H3,(H,25,29). The van der Waals surface area contributed by atoms with Gasteiger partial charge in [-0.05, 0) is 67.9 Å². The minimum Gasteiger partial charge on any atom is -0.454 e. The van der Waals surface area contributed by atoms with Crippen molar-refractivity contribution in [2.45, 2.75) is 77.8 Å². The number of thiocarbonyl (C=S) groups is 1. The van der Waals surface area contributed by atoms with Crippen molar-refractivity contribution in [3.63, 3.8) is 0 Å². The van der Waals surface area contributed by atoms with Crippen LogP contribution < -0.4 is 14.8 Å². The van der Waals surface area contributed by atoms with Gasteiger partial charge in [-0.15, -0.1) is 0 Å². The number of benzene rings is 1. The molecule has 1 aliphatic heterocycles. The normalized spacial score (nSPS) is 18.5. The van der Waals surface area contributed by atoms with Crippen LogP contribution >= 0.6 is 12.2 Å². The average molecular weight is 417 g/mol. The average Bonchev–Trinajstić information content (AvgIpc) is 3.21. The maximum Gasteiger partial charge on any atom is 0.231 e. The molecule has 2 aliphatic rings. The Hall–Kier alpha value is -1.75. The third-order valence-electron chi connectivity index (χ3n) is 5.93. The van der Waals surface area contributed by atoms with Crippen molar-refractivity contribution in [1.29, 1.82) is 0 Å². The zero-order valence-corrected chi connectivity index (χ0v) is 18.8. The lowest BCUT2D eigenvalue weighted by molar-refractivity contribution is 0.174. The van der Waals surface area contributed by atoms with Crippen LogP contribution in [-0.2, 0) is 6.54 Å². The van der Waals surface area contributed by atoms with Gasteiger partial charge in [0.1, 0.15) is 0 Å². The minimum absolute atomic E-state index is 0.312. The van der Waals surface area contributed by atoms with E-state index < -0.39 is 0 Å². The Bertz CT molecular complexity index is 691. The number of unbranched alkanes of at least 4 members (excludes halogenated alkanes) is 2. The molecule has 29 heavy (non-hydrogen) atoms. The topological polar surface area (TPSA) is 33.7 Å². The van der Waals surface area contributed by atoms with Crippen molar-refractivity contribution in [2.24, 2.45) is 5.92 Å². The Morgan fingerprint density at radius 3 is 2.83 bits per heavy atom. The number of nitrogens with one attached hydrogen (secondary N) is 1. The fourth-order valence-electron chi connectivity index (χ4n) is 4.10. The first-order valence-corrected chi connectivity index (χ1v) is 11.7. The van der Waals surface area contributed by atoms with E-state index in [9.17, 15) is 0 Å².